The van der Waals surface area contributed by atoms with E-state index in [0.29, 0.717) is 23.8 Å². The fraction of sp³-hybridized carbons (Fsp3) is 0.182. The SMILES string of the molecule is COc1cccc(CNC(=O)c2sc3ncnc(NCc4ccccn4)c3c2C)c1. The fourth-order valence-electron chi connectivity index (χ4n) is 3.14. The van der Waals surface area contributed by atoms with Crippen LogP contribution in [0.4, 0.5) is 5.82 Å². The Morgan fingerprint density at radius 2 is 2.00 bits per heavy atom. The number of carbonyl (C=O) groups excluding carboxylic acids is 1. The van der Waals surface area contributed by atoms with Gasteiger partial charge in [0.25, 0.3) is 5.91 Å². The average molecular weight is 420 g/mol. The molecule has 3 heterocycles. The molecule has 30 heavy (non-hydrogen) atoms. The number of fused-ring (bicyclic) bond motifs is 1. The van der Waals surface area contributed by atoms with Gasteiger partial charge in [0.1, 0.15) is 22.7 Å². The first-order valence-corrected chi connectivity index (χ1v) is 10.3. The van der Waals surface area contributed by atoms with E-state index in [1.165, 1.54) is 17.7 Å². The maximum Gasteiger partial charge on any atom is 0.261 e. The highest BCUT2D eigenvalue weighted by atomic mass is 32.1. The third kappa shape index (κ3) is 4.23. The molecular weight excluding hydrogens is 398 g/mol. The first-order valence-electron chi connectivity index (χ1n) is 9.44. The van der Waals surface area contributed by atoms with Crippen LogP contribution < -0.4 is 15.4 Å². The first kappa shape index (κ1) is 19.8. The minimum Gasteiger partial charge on any atom is -0.497 e. The first-order chi connectivity index (χ1) is 14.7. The van der Waals surface area contributed by atoms with Crippen LogP contribution in [0.15, 0.2) is 55.0 Å². The Hall–Kier alpha value is -3.52. The normalized spacial score (nSPS) is 10.7. The number of anilines is 1. The van der Waals surface area contributed by atoms with Crippen molar-refractivity contribution in [1.82, 2.24) is 20.3 Å². The number of hydrogen-bond acceptors (Lipinski definition) is 7. The van der Waals surface area contributed by atoms with Crippen molar-refractivity contribution in [3.63, 3.8) is 0 Å². The van der Waals surface area contributed by atoms with Gasteiger partial charge in [-0.2, -0.15) is 0 Å². The lowest BCUT2D eigenvalue weighted by Crippen LogP contribution is -2.22. The van der Waals surface area contributed by atoms with E-state index in [9.17, 15) is 4.79 Å². The molecular formula is C22H21N5O2S. The predicted octanol–water partition coefficient (Wildman–Crippen LogP) is 3.95. The molecule has 0 unspecified atom stereocenters. The summed E-state index contributed by atoms with van der Waals surface area (Å²) in [6, 6.07) is 13.4. The van der Waals surface area contributed by atoms with Crippen molar-refractivity contribution in [2.24, 2.45) is 0 Å². The molecule has 3 aromatic heterocycles. The van der Waals surface area contributed by atoms with Gasteiger partial charge in [0.05, 0.1) is 29.6 Å². The average Bonchev–Trinajstić information content (AvgIpc) is 3.14. The minimum atomic E-state index is -0.131. The fourth-order valence-corrected chi connectivity index (χ4v) is 4.21. The van der Waals surface area contributed by atoms with E-state index in [0.717, 1.165) is 32.8 Å². The number of pyridine rings is 1. The molecule has 7 nitrogen and oxygen atoms in total. The molecule has 4 aromatic rings. The van der Waals surface area contributed by atoms with Crippen LogP contribution in [0.3, 0.4) is 0 Å². The number of aromatic nitrogens is 3. The van der Waals surface area contributed by atoms with Gasteiger partial charge in [0.2, 0.25) is 0 Å². The lowest BCUT2D eigenvalue weighted by molar-refractivity contribution is 0.0954. The Morgan fingerprint density at radius 3 is 2.80 bits per heavy atom. The van der Waals surface area contributed by atoms with Gasteiger partial charge < -0.3 is 15.4 Å². The molecule has 0 aliphatic carbocycles. The van der Waals surface area contributed by atoms with Crippen molar-refractivity contribution < 1.29 is 9.53 Å². The Kier molecular flexibility index (Phi) is 5.85. The summed E-state index contributed by atoms with van der Waals surface area (Å²) in [6.07, 6.45) is 3.27. The van der Waals surface area contributed by atoms with Crippen molar-refractivity contribution in [2.45, 2.75) is 20.0 Å². The number of nitrogens with one attached hydrogen (secondary N) is 2. The van der Waals surface area contributed by atoms with Crippen LogP contribution in [0, 0.1) is 6.92 Å². The zero-order valence-electron chi connectivity index (χ0n) is 16.7. The number of hydrogen-bond donors (Lipinski definition) is 2. The van der Waals surface area contributed by atoms with Gasteiger partial charge in [-0.1, -0.05) is 18.2 Å². The second kappa shape index (κ2) is 8.87. The molecule has 1 aromatic carbocycles. The summed E-state index contributed by atoms with van der Waals surface area (Å²) in [4.78, 5) is 27.3. The topological polar surface area (TPSA) is 89.0 Å². The van der Waals surface area contributed by atoms with E-state index in [1.807, 2.05) is 49.4 Å². The standard InChI is InChI=1S/C22H21N5O2S/c1-14-18-20(24-12-16-7-3-4-9-23-16)26-13-27-22(18)30-19(14)21(28)25-11-15-6-5-8-17(10-15)29-2/h3-10,13H,11-12H2,1-2H3,(H,25,28)(H,24,26,27). The molecule has 1 amide bonds. The molecule has 0 spiro atoms. The van der Waals surface area contributed by atoms with E-state index in [-0.39, 0.29) is 5.91 Å². The molecule has 0 saturated carbocycles. The summed E-state index contributed by atoms with van der Waals surface area (Å²) in [5, 5.41) is 7.16. The van der Waals surface area contributed by atoms with Crippen LogP contribution in [0.5, 0.6) is 5.75 Å². The van der Waals surface area contributed by atoms with Crippen LogP contribution in [-0.4, -0.2) is 28.0 Å². The second-order valence-electron chi connectivity index (χ2n) is 6.67. The molecule has 4 rings (SSSR count). The lowest BCUT2D eigenvalue weighted by atomic mass is 10.2. The Balaban J connectivity index is 1.53. The summed E-state index contributed by atoms with van der Waals surface area (Å²) >= 11 is 1.37. The van der Waals surface area contributed by atoms with Crippen LogP contribution in [-0.2, 0) is 13.1 Å². The van der Waals surface area contributed by atoms with E-state index in [1.54, 1.807) is 13.3 Å². The molecule has 8 heteroatoms. The third-order valence-corrected chi connectivity index (χ3v) is 5.88. The maximum absolute atomic E-state index is 12.8. The molecule has 0 aliphatic rings. The summed E-state index contributed by atoms with van der Waals surface area (Å²) < 4.78 is 5.24. The van der Waals surface area contributed by atoms with Crippen molar-refractivity contribution in [2.75, 3.05) is 12.4 Å². The van der Waals surface area contributed by atoms with Gasteiger partial charge in [-0.05, 0) is 42.3 Å². The van der Waals surface area contributed by atoms with Crippen LogP contribution in [0.25, 0.3) is 10.2 Å². The van der Waals surface area contributed by atoms with E-state index < -0.39 is 0 Å². The predicted molar refractivity (Wildman–Crippen MR) is 118 cm³/mol. The lowest BCUT2D eigenvalue weighted by Gasteiger charge is -2.08. The third-order valence-electron chi connectivity index (χ3n) is 4.68. The molecule has 0 saturated heterocycles. The van der Waals surface area contributed by atoms with E-state index >= 15 is 0 Å². The summed E-state index contributed by atoms with van der Waals surface area (Å²) in [6.45, 7) is 2.88. The zero-order chi connectivity index (χ0) is 20.9. The van der Waals surface area contributed by atoms with E-state index in [4.69, 9.17) is 4.74 Å². The largest absolute Gasteiger partial charge is 0.497 e. The number of nitrogens with zero attached hydrogens (tertiary/aromatic N) is 3. The van der Waals surface area contributed by atoms with Gasteiger partial charge in [0.15, 0.2) is 0 Å². The summed E-state index contributed by atoms with van der Waals surface area (Å²) in [5.41, 5.74) is 2.75. The van der Waals surface area contributed by atoms with E-state index in [2.05, 4.69) is 25.6 Å². The monoisotopic (exact) mass is 419 g/mol. The molecule has 0 radical (unpaired) electrons. The molecule has 0 atom stereocenters. The maximum atomic E-state index is 12.8. The number of benzene rings is 1. The Bertz CT molecular complexity index is 1180. The Morgan fingerprint density at radius 1 is 1.10 bits per heavy atom. The quantitative estimate of drug-likeness (QED) is 0.472. The molecule has 0 fully saturated rings. The Labute approximate surface area is 178 Å². The smallest absolute Gasteiger partial charge is 0.261 e. The number of thiophene rings is 1. The van der Waals surface area contributed by atoms with Crippen LogP contribution in [0.2, 0.25) is 0 Å². The van der Waals surface area contributed by atoms with Crippen molar-refractivity contribution in [3.05, 3.63) is 76.7 Å². The number of aryl methyl sites for hydroxylation is 1. The molecule has 152 valence electrons. The van der Waals surface area contributed by atoms with Crippen molar-refractivity contribution >= 4 is 33.3 Å². The number of methoxy groups -OCH3 is 1. The number of carbonyl (C=O) groups is 1. The van der Waals surface area contributed by atoms with Crippen LogP contribution >= 0.6 is 11.3 Å². The summed E-state index contributed by atoms with van der Waals surface area (Å²) in [7, 11) is 1.62. The van der Waals surface area contributed by atoms with Crippen molar-refractivity contribution in [1.29, 1.82) is 0 Å². The molecule has 0 aliphatic heterocycles. The van der Waals surface area contributed by atoms with Gasteiger partial charge >= 0.3 is 0 Å². The number of ether oxygens (including phenoxy) is 1. The molecule has 2 N–H and O–H groups in total. The number of amides is 1. The highest BCUT2D eigenvalue weighted by molar-refractivity contribution is 7.20. The molecule has 0 bridgehead atoms. The van der Waals surface area contributed by atoms with Crippen molar-refractivity contribution in [3.8, 4) is 5.75 Å². The highest BCUT2D eigenvalue weighted by Crippen LogP contribution is 2.33. The minimum absolute atomic E-state index is 0.131. The zero-order valence-corrected chi connectivity index (χ0v) is 17.5. The summed E-state index contributed by atoms with van der Waals surface area (Å²) in [5.74, 6) is 1.33. The second-order valence-corrected chi connectivity index (χ2v) is 7.67. The highest BCUT2D eigenvalue weighted by Gasteiger charge is 2.19. The van der Waals surface area contributed by atoms with Gasteiger partial charge in [-0.3, -0.25) is 9.78 Å². The van der Waals surface area contributed by atoms with Gasteiger partial charge in [-0.25, -0.2) is 9.97 Å². The number of rotatable bonds is 7. The van der Waals surface area contributed by atoms with Gasteiger partial charge in [-0.15, -0.1) is 11.3 Å². The van der Waals surface area contributed by atoms with Gasteiger partial charge in [0, 0.05) is 12.7 Å². The van der Waals surface area contributed by atoms with Crippen LogP contribution in [0.1, 0.15) is 26.5 Å².